The summed E-state index contributed by atoms with van der Waals surface area (Å²) in [5, 5.41) is 0. The number of ether oxygens (including phenoxy) is 2. The second-order valence-corrected chi connectivity index (χ2v) is 3.04. The summed E-state index contributed by atoms with van der Waals surface area (Å²) >= 11 is 0. The number of rotatable bonds is 4. The first-order chi connectivity index (χ1) is 7.15. The molecular weight excluding hydrogens is 192 g/mol. The Morgan fingerprint density at radius 2 is 2.00 bits per heavy atom. The zero-order valence-electron chi connectivity index (χ0n) is 9.16. The van der Waals surface area contributed by atoms with Gasteiger partial charge in [-0.15, -0.1) is 0 Å². The molecule has 15 heavy (non-hydrogen) atoms. The van der Waals surface area contributed by atoms with Gasteiger partial charge in [0.15, 0.2) is 5.78 Å². The summed E-state index contributed by atoms with van der Waals surface area (Å²) in [6.45, 7) is 5.29. The predicted octanol–water partition coefficient (Wildman–Crippen LogP) is 2.38. The molecule has 0 aliphatic rings. The second-order valence-electron chi connectivity index (χ2n) is 3.04. The molecule has 0 heterocycles. The van der Waals surface area contributed by atoms with Gasteiger partial charge < -0.3 is 9.47 Å². The number of methoxy groups -OCH3 is 2. The first-order valence-electron chi connectivity index (χ1n) is 4.54. The van der Waals surface area contributed by atoms with E-state index in [0.29, 0.717) is 17.1 Å². The molecule has 1 aromatic rings. The zero-order chi connectivity index (χ0) is 11.4. The smallest absolute Gasteiger partial charge is 0.188 e. The van der Waals surface area contributed by atoms with E-state index in [1.165, 1.54) is 13.2 Å². The third-order valence-electron chi connectivity index (χ3n) is 2.23. The quantitative estimate of drug-likeness (QED) is 0.560. The van der Waals surface area contributed by atoms with Crippen molar-refractivity contribution in [2.75, 3.05) is 14.2 Å². The Morgan fingerprint density at radius 1 is 1.33 bits per heavy atom. The summed E-state index contributed by atoms with van der Waals surface area (Å²) in [6, 6.07) is 3.42. The molecular formula is C12H14O3. The highest BCUT2D eigenvalue weighted by molar-refractivity contribution is 6.06. The van der Waals surface area contributed by atoms with E-state index in [1.54, 1.807) is 19.2 Å². The van der Waals surface area contributed by atoms with E-state index >= 15 is 0 Å². The summed E-state index contributed by atoms with van der Waals surface area (Å²) in [5.41, 5.74) is 1.32. The minimum absolute atomic E-state index is 0.155. The Labute approximate surface area is 89.3 Å². The van der Waals surface area contributed by atoms with Crippen LogP contribution in [0.4, 0.5) is 0 Å². The van der Waals surface area contributed by atoms with Crippen molar-refractivity contribution in [1.29, 1.82) is 0 Å². The Kier molecular flexibility index (Phi) is 3.50. The molecule has 3 heteroatoms. The molecule has 0 aliphatic heterocycles. The van der Waals surface area contributed by atoms with Crippen LogP contribution in [0.15, 0.2) is 24.8 Å². The molecule has 0 bridgehead atoms. The molecule has 0 saturated heterocycles. The summed E-state index contributed by atoms with van der Waals surface area (Å²) < 4.78 is 10.3. The van der Waals surface area contributed by atoms with Gasteiger partial charge in [0.1, 0.15) is 11.5 Å². The van der Waals surface area contributed by atoms with E-state index in [9.17, 15) is 4.79 Å². The van der Waals surface area contributed by atoms with E-state index in [4.69, 9.17) is 9.47 Å². The third-order valence-corrected chi connectivity index (χ3v) is 2.23. The zero-order valence-corrected chi connectivity index (χ0v) is 9.16. The monoisotopic (exact) mass is 206 g/mol. The highest BCUT2D eigenvalue weighted by atomic mass is 16.5. The lowest BCUT2D eigenvalue weighted by Crippen LogP contribution is -2.01. The summed E-state index contributed by atoms with van der Waals surface area (Å²) in [6.07, 6.45) is 1.27. The van der Waals surface area contributed by atoms with Crippen LogP contribution in [-0.4, -0.2) is 20.0 Å². The largest absolute Gasteiger partial charge is 0.496 e. The van der Waals surface area contributed by atoms with Gasteiger partial charge in [-0.25, -0.2) is 0 Å². The fourth-order valence-electron chi connectivity index (χ4n) is 1.46. The van der Waals surface area contributed by atoms with Crippen molar-refractivity contribution in [3.8, 4) is 11.5 Å². The summed E-state index contributed by atoms with van der Waals surface area (Å²) in [7, 11) is 3.11. The average Bonchev–Trinajstić information content (AvgIpc) is 2.27. The Balaban J connectivity index is 3.36. The summed E-state index contributed by atoms with van der Waals surface area (Å²) in [4.78, 5) is 11.5. The van der Waals surface area contributed by atoms with Gasteiger partial charge >= 0.3 is 0 Å². The molecule has 3 nitrogen and oxygen atoms in total. The van der Waals surface area contributed by atoms with Gasteiger partial charge in [0.2, 0.25) is 0 Å². The maximum atomic E-state index is 11.5. The molecule has 0 saturated carbocycles. The van der Waals surface area contributed by atoms with Crippen LogP contribution in [0, 0.1) is 6.92 Å². The molecule has 0 aliphatic carbocycles. The van der Waals surface area contributed by atoms with Gasteiger partial charge in [0.25, 0.3) is 0 Å². The van der Waals surface area contributed by atoms with Crippen LogP contribution in [0.2, 0.25) is 0 Å². The van der Waals surface area contributed by atoms with Crippen LogP contribution in [-0.2, 0) is 0 Å². The standard InChI is InChI=1S/C12H14O3/c1-5-10(13)9-6-7-11(14-3)8(2)12(9)15-4/h5-7H,1H2,2-4H3. The molecule has 0 spiro atoms. The molecule has 0 unspecified atom stereocenters. The summed E-state index contributed by atoms with van der Waals surface area (Å²) in [5.74, 6) is 1.09. The molecule has 0 fully saturated rings. The van der Waals surface area contributed by atoms with Crippen LogP contribution in [0.25, 0.3) is 0 Å². The van der Waals surface area contributed by atoms with E-state index in [2.05, 4.69) is 6.58 Å². The average molecular weight is 206 g/mol. The first kappa shape index (κ1) is 11.3. The van der Waals surface area contributed by atoms with Gasteiger partial charge in [-0.05, 0) is 25.1 Å². The van der Waals surface area contributed by atoms with Crippen LogP contribution in [0.5, 0.6) is 11.5 Å². The van der Waals surface area contributed by atoms with Crippen molar-refractivity contribution in [1.82, 2.24) is 0 Å². The molecule has 0 N–H and O–H groups in total. The number of carbonyl (C=O) groups excluding carboxylic acids is 1. The van der Waals surface area contributed by atoms with Gasteiger partial charge in [0, 0.05) is 5.56 Å². The molecule has 80 valence electrons. The normalized spacial score (nSPS) is 9.53. The first-order valence-corrected chi connectivity index (χ1v) is 4.54. The Morgan fingerprint density at radius 3 is 2.47 bits per heavy atom. The molecule has 0 radical (unpaired) electrons. The molecule has 0 aromatic heterocycles. The number of hydrogen-bond donors (Lipinski definition) is 0. The fraction of sp³-hybridized carbons (Fsp3) is 0.250. The fourth-order valence-corrected chi connectivity index (χ4v) is 1.46. The topological polar surface area (TPSA) is 35.5 Å². The highest BCUT2D eigenvalue weighted by Crippen LogP contribution is 2.31. The Hall–Kier alpha value is -1.77. The number of benzene rings is 1. The molecule has 0 amide bonds. The molecule has 1 rings (SSSR count). The lowest BCUT2D eigenvalue weighted by Gasteiger charge is -2.12. The van der Waals surface area contributed by atoms with Crippen LogP contribution >= 0.6 is 0 Å². The van der Waals surface area contributed by atoms with Gasteiger partial charge in [-0.1, -0.05) is 6.58 Å². The van der Waals surface area contributed by atoms with Crippen molar-refractivity contribution in [2.24, 2.45) is 0 Å². The van der Waals surface area contributed by atoms with Crippen molar-refractivity contribution in [2.45, 2.75) is 6.92 Å². The van der Waals surface area contributed by atoms with Gasteiger partial charge in [-0.3, -0.25) is 4.79 Å². The lowest BCUT2D eigenvalue weighted by atomic mass is 10.0. The minimum Gasteiger partial charge on any atom is -0.496 e. The number of carbonyl (C=O) groups is 1. The van der Waals surface area contributed by atoms with Crippen molar-refractivity contribution >= 4 is 5.78 Å². The number of allylic oxidation sites excluding steroid dienone is 1. The van der Waals surface area contributed by atoms with Crippen LogP contribution in [0.3, 0.4) is 0 Å². The maximum absolute atomic E-state index is 11.5. The second kappa shape index (κ2) is 4.64. The van der Waals surface area contributed by atoms with E-state index in [1.807, 2.05) is 6.92 Å². The number of ketones is 1. The van der Waals surface area contributed by atoms with E-state index in [0.717, 1.165) is 5.56 Å². The Bertz CT molecular complexity index is 394. The molecule has 0 atom stereocenters. The SMILES string of the molecule is C=CC(=O)c1ccc(OC)c(C)c1OC. The lowest BCUT2D eigenvalue weighted by molar-refractivity contribution is 0.104. The van der Waals surface area contributed by atoms with Crippen LogP contribution in [0.1, 0.15) is 15.9 Å². The van der Waals surface area contributed by atoms with E-state index < -0.39 is 0 Å². The third kappa shape index (κ3) is 2.01. The molecule has 1 aromatic carbocycles. The van der Waals surface area contributed by atoms with E-state index in [-0.39, 0.29) is 5.78 Å². The predicted molar refractivity (Wildman–Crippen MR) is 58.8 cm³/mol. The van der Waals surface area contributed by atoms with Crippen molar-refractivity contribution in [3.05, 3.63) is 35.9 Å². The number of hydrogen-bond acceptors (Lipinski definition) is 3. The highest BCUT2D eigenvalue weighted by Gasteiger charge is 2.14. The van der Waals surface area contributed by atoms with Crippen molar-refractivity contribution < 1.29 is 14.3 Å². The van der Waals surface area contributed by atoms with Crippen LogP contribution < -0.4 is 9.47 Å². The van der Waals surface area contributed by atoms with Gasteiger partial charge in [-0.2, -0.15) is 0 Å². The van der Waals surface area contributed by atoms with Gasteiger partial charge in [0.05, 0.1) is 19.8 Å². The maximum Gasteiger partial charge on any atom is 0.188 e. The minimum atomic E-state index is -0.155. The van der Waals surface area contributed by atoms with Crippen molar-refractivity contribution in [3.63, 3.8) is 0 Å².